The Morgan fingerprint density at radius 1 is 1.35 bits per heavy atom. The molecule has 1 heterocycles. The van der Waals surface area contributed by atoms with Gasteiger partial charge in [0.25, 0.3) is 0 Å². The maximum absolute atomic E-state index is 11.0. The number of hydrogen-bond acceptors (Lipinski definition) is 5. The highest BCUT2D eigenvalue weighted by Crippen LogP contribution is 2.28. The van der Waals surface area contributed by atoms with E-state index < -0.39 is 7.05 Å². The first-order valence-corrected chi connectivity index (χ1v) is 6.29. The number of pyridine rings is 1. The zero-order valence-electron chi connectivity index (χ0n) is 10.7. The molecule has 2 rings (SSSR count). The summed E-state index contributed by atoms with van der Waals surface area (Å²) in [6.45, 7) is 1.62. The fraction of sp³-hybridized carbons (Fsp3) is 0.0769. The second kappa shape index (κ2) is 6.41. The molecule has 0 radical (unpaired) electrons. The molecule has 102 valence electrons. The summed E-state index contributed by atoms with van der Waals surface area (Å²) in [6, 6.07) is 6.92. The van der Waals surface area contributed by atoms with Crippen molar-refractivity contribution in [3.63, 3.8) is 0 Å². The Bertz CT molecular complexity index is 605. The van der Waals surface area contributed by atoms with Crippen LogP contribution in [0, 0.1) is 0 Å². The van der Waals surface area contributed by atoms with Crippen molar-refractivity contribution in [3.8, 4) is 11.5 Å². The maximum atomic E-state index is 11.0. The van der Waals surface area contributed by atoms with E-state index in [-0.39, 0.29) is 10.6 Å². The second-order valence-electron chi connectivity index (χ2n) is 4.10. The van der Waals surface area contributed by atoms with E-state index in [0.717, 1.165) is 5.69 Å². The Labute approximate surface area is 121 Å². The minimum atomic E-state index is -0.638. The lowest BCUT2D eigenvalue weighted by atomic mass is 9.88. The smallest absolute Gasteiger partial charge is 0.406 e. The topological polar surface area (TPSA) is 71.4 Å². The molecule has 2 aromatic rings. The van der Waals surface area contributed by atoms with Crippen molar-refractivity contribution >= 4 is 30.6 Å². The van der Waals surface area contributed by atoms with E-state index in [9.17, 15) is 9.82 Å². The Morgan fingerprint density at radius 2 is 2.05 bits per heavy atom. The van der Waals surface area contributed by atoms with Crippen LogP contribution in [0.3, 0.4) is 0 Å². The van der Waals surface area contributed by atoms with E-state index in [4.69, 9.17) is 16.3 Å². The number of nitrogens with one attached hydrogen (secondary N) is 1. The lowest BCUT2D eigenvalue weighted by Gasteiger charge is -2.10. The number of aldehydes is 1. The van der Waals surface area contributed by atoms with E-state index in [1.54, 1.807) is 31.1 Å². The van der Waals surface area contributed by atoms with Crippen LogP contribution in [-0.4, -0.2) is 23.3 Å². The number of carbonyl (C=O) groups excluding carboxylic acids is 1. The number of rotatable bonds is 5. The Balaban J connectivity index is 2.18. The van der Waals surface area contributed by atoms with Gasteiger partial charge in [-0.3, -0.25) is 9.78 Å². The number of halogens is 1. The van der Waals surface area contributed by atoms with Crippen LogP contribution in [0.2, 0.25) is 11.8 Å². The molecule has 20 heavy (non-hydrogen) atoms. The van der Waals surface area contributed by atoms with Gasteiger partial charge in [0, 0.05) is 11.9 Å². The van der Waals surface area contributed by atoms with Gasteiger partial charge < -0.3 is 15.0 Å². The summed E-state index contributed by atoms with van der Waals surface area (Å²) in [5.41, 5.74) is 1.01. The highest BCUT2D eigenvalue weighted by Gasteiger charge is 2.09. The number of anilines is 1. The van der Waals surface area contributed by atoms with E-state index in [1.165, 1.54) is 12.4 Å². The van der Waals surface area contributed by atoms with Gasteiger partial charge in [-0.2, -0.15) is 0 Å². The molecule has 0 unspecified atom stereocenters. The third-order valence-electron chi connectivity index (χ3n) is 2.48. The van der Waals surface area contributed by atoms with Crippen molar-refractivity contribution in [2.24, 2.45) is 0 Å². The Hall–Kier alpha value is -2.05. The molecule has 2 N–H and O–H groups in total. The van der Waals surface area contributed by atoms with Crippen LogP contribution in [0.25, 0.3) is 0 Å². The van der Waals surface area contributed by atoms with Crippen LogP contribution in [0.15, 0.2) is 36.7 Å². The van der Waals surface area contributed by atoms with Gasteiger partial charge in [-0.1, -0.05) is 11.6 Å². The molecule has 1 aromatic heterocycles. The zero-order chi connectivity index (χ0) is 14.5. The highest BCUT2D eigenvalue weighted by atomic mass is 35.5. The van der Waals surface area contributed by atoms with Crippen LogP contribution in [0.4, 0.5) is 5.69 Å². The normalized spacial score (nSPS) is 9.95. The molecule has 0 aliphatic rings. The van der Waals surface area contributed by atoms with E-state index in [0.29, 0.717) is 17.8 Å². The lowest BCUT2D eigenvalue weighted by Crippen LogP contribution is -2.19. The van der Waals surface area contributed by atoms with Gasteiger partial charge in [-0.25, -0.2) is 0 Å². The van der Waals surface area contributed by atoms with Gasteiger partial charge in [0.15, 0.2) is 12.0 Å². The first-order chi connectivity index (χ1) is 9.60. The minimum Gasteiger partial charge on any atom is -0.455 e. The molecule has 0 aliphatic carbocycles. The van der Waals surface area contributed by atoms with Gasteiger partial charge in [-0.15, -0.1) is 0 Å². The third-order valence-corrected chi connectivity index (χ3v) is 2.78. The number of benzene rings is 1. The van der Waals surface area contributed by atoms with Gasteiger partial charge in [0.05, 0.1) is 16.8 Å². The zero-order valence-corrected chi connectivity index (χ0v) is 11.5. The number of aromatic nitrogens is 1. The largest absolute Gasteiger partial charge is 0.455 e. The molecular formula is C13H12BClN2O3. The molecule has 7 heteroatoms. The van der Waals surface area contributed by atoms with Crippen molar-refractivity contribution in [1.29, 1.82) is 0 Å². The summed E-state index contributed by atoms with van der Waals surface area (Å²) < 4.78 is 5.57. The number of ether oxygens (including phenoxy) is 1. The fourth-order valence-corrected chi connectivity index (χ4v) is 1.80. The molecule has 5 nitrogen and oxygen atoms in total. The fourth-order valence-electron chi connectivity index (χ4n) is 1.61. The summed E-state index contributed by atoms with van der Waals surface area (Å²) >= 11 is 5.87. The Kier molecular flexibility index (Phi) is 4.60. The molecular weight excluding hydrogens is 278 g/mol. The first-order valence-electron chi connectivity index (χ1n) is 5.91. The van der Waals surface area contributed by atoms with Gasteiger partial charge in [-0.05, 0) is 31.1 Å². The lowest BCUT2D eigenvalue weighted by molar-refractivity contribution is 0.112. The van der Waals surface area contributed by atoms with Crippen LogP contribution in [0.5, 0.6) is 11.5 Å². The van der Waals surface area contributed by atoms with Crippen LogP contribution in [-0.2, 0) is 0 Å². The van der Waals surface area contributed by atoms with Crippen molar-refractivity contribution in [2.75, 3.05) is 5.23 Å². The Morgan fingerprint density at radius 3 is 2.65 bits per heavy atom. The van der Waals surface area contributed by atoms with Crippen molar-refractivity contribution in [3.05, 3.63) is 47.2 Å². The molecule has 0 saturated heterocycles. The van der Waals surface area contributed by atoms with Crippen LogP contribution >= 0.6 is 11.6 Å². The predicted molar refractivity (Wildman–Crippen MR) is 78.6 cm³/mol. The van der Waals surface area contributed by atoms with Crippen molar-refractivity contribution in [2.45, 2.75) is 6.82 Å². The second-order valence-corrected chi connectivity index (χ2v) is 4.50. The standard InChI is InChI=1S/C13H12BClN2O3/c1-14(19)17-9-2-4-10(5-3-9)20-13-7-16-6-12(15)11(13)8-18/h2-8,17,19H,1H3. The average Bonchev–Trinajstić information content (AvgIpc) is 2.41. The monoisotopic (exact) mass is 290 g/mol. The van der Waals surface area contributed by atoms with Crippen LogP contribution in [0.1, 0.15) is 10.4 Å². The molecule has 1 aromatic carbocycles. The third kappa shape index (κ3) is 3.49. The quantitative estimate of drug-likeness (QED) is 0.654. The average molecular weight is 291 g/mol. The molecule has 0 fully saturated rings. The number of hydrogen-bond donors (Lipinski definition) is 2. The molecule has 0 aliphatic heterocycles. The number of carbonyl (C=O) groups is 1. The number of nitrogens with zero attached hydrogens (tertiary/aromatic N) is 1. The van der Waals surface area contributed by atoms with E-state index >= 15 is 0 Å². The van der Waals surface area contributed by atoms with Gasteiger partial charge in [0.1, 0.15) is 5.75 Å². The van der Waals surface area contributed by atoms with Gasteiger partial charge >= 0.3 is 7.05 Å². The molecule has 0 atom stereocenters. The summed E-state index contributed by atoms with van der Waals surface area (Å²) in [5.74, 6) is 0.831. The molecule has 0 amide bonds. The summed E-state index contributed by atoms with van der Waals surface area (Å²) in [5, 5.41) is 12.3. The van der Waals surface area contributed by atoms with E-state index in [1.807, 2.05) is 0 Å². The van der Waals surface area contributed by atoms with Crippen molar-refractivity contribution < 1.29 is 14.6 Å². The summed E-state index contributed by atoms with van der Waals surface area (Å²) in [6.07, 6.45) is 3.44. The van der Waals surface area contributed by atoms with Crippen molar-refractivity contribution in [1.82, 2.24) is 4.98 Å². The SMILES string of the molecule is CB(O)Nc1ccc(Oc2cncc(Cl)c2C=O)cc1. The van der Waals surface area contributed by atoms with Gasteiger partial charge in [0.2, 0.25) is 0 Å². The summed E-state index contributed by atoms with van der Waals surface area (Å²) in [7, 11) is -0.638. The molecule has 0 bridgehead atoms. The van der Waals surface area contributed by atoms with Crippen LogP contribution < -0.4 is 9.96 Å². The minimum absolute atomic E-state index is 0.241. The predicted octanol–water partition coefficient (Wildman–Crippen LogP) is 2.86. The highest BCUT2D eigenvalue weighted by molar-refractivity contribution is 6.52. The molecule has 0 spiro atoms. The van der Waals surface area contributed by atoms with E-state index in [2.05, 4.69) is 10.2 Å². The summed E-state index contributed by atoms with van der Waals surface area (Å²) in [4.78, 5) is 14.9. The first kappa shape index (κ1) is 14.4. The molecule has 0 saturated carbocycles. The maximum Gasteiger partial charge on any atom is 0.406 e.